The van der Waals surface area contributed by atoms with Gasteiger partial charge in [-0.2, -0.15) is 5.10 Å². The van der Waals surface area contributed by atoms with E-state index in [-0.39, 0.29) is 31.0 Å². The molecule has 0 bridgehead atoms. The molecule has 0 spiro atoms. The number of amides is 2. The van der Waals surface area contributed by atoms with E-state index >= 15 is 0 Å². The van der Waals surface area contributed by atoms with Crippen molar-refractivity contribution in [2.24, 2.45) is 0 Å². The number of carbonyl (C=O) groups is 2. The molecule has 0 aliphatic heterocycles. The lowest BCUT2D eigenvalue weighted by Gasteiger charge is -2.20. The van der Waals surface area contributed by atoms with Crippen molar-refractivity contribution in [2.75, 3.05) is 11.9 Å². The number of anilines is 1. The molecule has 9 nitrogen and oxygen atoms in total. The van der Waals surface area contributed by atoms with Crippen molar-refractivity contribution < 1.29 is 14.3 Å². The fourth-order valence-corrected chi connectivity index (χ4v) is 3.87. The van der Waals surface area contributed by atoms with Crippen LogP contribution in [0.1, 0.15) is 43.0 Å². The zero-order valence-corrected chi connectivity index (χ0v) is 22.9. The van der Waals surface area contributed by atoms with Crippen LogP contribution in [0.15, 0.2) is 59.5 Å². The van der Waals surface area contributed by atoms with Gasteiger partial charge in [0.1, 0.15) is 5.60 Å². The van der Waals surface area contributed by atoms with Crippen LogP contribution in [-0.2, 0) is 35.6 Å². The maximum atomic E-state index is 13.0. The summed E-state index contributed by atoms with van der Waals surface area (Å²) < 4.78 is 6.64. The number of para-hydroxylation sites is 1. The Morgan fingerprint density at radius 1 is 1.03 bits per heavy atom. The summed E-state index contributed by atoms with van der Waals surface area (Å²) in [7, 11) is 0. The van der Waals surface area contributed by atoms with Gasteiger partial charge in [-0.05, 0) is 68.7 Å². The van der Waals surface area contributed by atoms with E-state index in [4.69, 9.17) is 16.3 Å². The van der Waals surface area contributed by atoms with Gasteiger partial charge in [0.25, 0.3) is 5.56 Å². The highest BCUT2D eigenvalue weighted by Gasteiger charge is 2.17. The minimum Gasteiger partial charge on any atom is -0.444 e. The lowest BCUT2D eigenvalue weighted by Crippen LogP contribution is -2.34. The zero-order valence-electron chi connectivity index (χ0n) is 22.1. The molecule has 3 N–H and O–H groups in total. The zero-order chi connectivity index (χ0) is 27.7. The molecule has 0 fully saturated rings. The van der Waals surface area contributed by atoms with Crippen LogP contribution in [0.3, 0.4) is 0 Å². The van der Waals surface area contributed by atoms with Gasteiger partial charge in [-0.3, -0.25) is 9.59 Å². The van der Waals surface area contributed by atoms with E-state index < -0.39 is 11.7 Å². The van der Waals surface area contributed by atoms with Crippen molar-refractivity contribution in [2.45, 2.75) is 59.4 Å². The SMILES string of the molecule is Cc1cnn(CCNc2ccccc2)c(=O)c1CC(=O)NCc1cc(Cl)ccc1CNC(=O)OC(C)(C)C. The molecule has 0 aliphatic rings. The summed E-state index contributed by atoms with van der Waals surface area (Å²) in [5.74, 6) is -0.309. The highest BCUT2D eigenvalue weighted by atomic mass is 35.5. The number of carbonyl (C=O) groups excluding carboxylic acids is 2. The number of rotatable bonds is 10. The fourth-order valence-electron chi connectivity index (χ4n) is 3.68. The van der Waals surface area contributed by atoms with Gasteiger partial charge in [0.15, 0.2) is 0 Å². The van der Waals surface area contributed by atoms with Crippen LogP contribution in [0.2, 0.25) is 5.02 Å². The lowest BCUT2D eigenvalue weighted by molar-refractivity contribution is -0.120. The molecule has 3 aromatic rings. The summed E-state index contributed by atoms with van der Waals surface area (Å²) in [6.07, 6.45) is 0.987. The highest BCUT2D eigenvalue weighted by Crippen LogP contribution is 2.17. The predicted octanol–water partition coefficient (Wildman–Crippen LogP) is 4.20. The van der Waals surface area contributed by atoms with Crippen LogP contribution in [-0.4, -0.2) is 33.9 Å². The van der Waals surface area contributed by atoms with Gasteiger partial charge in [0, 0.05) is 35.9 Å². The average molecular weight is 540 g/mol. The molecule has 0 saturated carbocycles. The second-order valence-electron chi connectivity index (χ2n) is 9.85. The van der Waals surface area contributed by atoms with E-state index in [0.717, 1.165) is 16.8 Å². The second kappa shape index (κ2) is 13.1. The minimum atomic E-state index is -0.608. The Bertz CT molecular complexity index is 1320. The molecule has 0 radical (unpaired) electrons. The van der Waals surface area contributed by atoms with Crippen molar-refractivity contribution in [3.63, 3.8) is 0 Å². The Morgan fingerprint density at radius 2 is 1.74 bits per heavy atom. The smallest absolute Gasteiger partial charge is 0.407 e. The molecule has 38 heavy (non-hydrogen) atoms. The third-order valence-electron chi connectivity index (χ3n) is 5.59. The van der Waals surface area contributed by atoms with E-state index in [1.54, 1.807) is 52.1 Å². The maximum absolute atomic E-state index is 13.0. The Kier molecular flexibility index (Phi) is 9.90. The van der Waals surface area contributed by atoms with Gasteiger partial charge < -0.3 is 20.7 Å². The van der Waals surface area contributed by atoms with Crippen LogP contribution in [0.5, 0.6) is 0 Å². The van der Waals surface area contributed by atoms with E-state index in [1.165, 1.54) is 4.68 Å². The van der Waals surface area contributed by atoms with Gasteiger partial charge in [-0.1, -0.05) is 35.9 Å². The third kappa shape index (κ3) is 8.92. The molecule has 3 rings (SSSR count). The molecule has 10 heteroatoms. The highest BCUT2D eigenvalue weighted by molar-refractivity contribution is 6.30. The van der Waals surface area contributed by atoms with Gasteiger partial charge >= 0.3 is 6.09 Å². The first-order valence-corrected chi connectivity index (χ1v) is 12.7. The first-order chi connectivity index (χ1) is 18.0. The van der Waals surface area contributed by atoms with Crippen molar-refractivity contribution >= 4 is 29.3 Å². The average Bonchev–Trinajstić information content (AvgIpc) is 2.85. The van der Waals surface area contributed by atoms with Crippen LogP contribution in [0.4, 0.5) is 10.5 Å². The maximum Gasteiger partial charge on any atom is 0.407 e. The molecule has 1 heterocycles. The summed E-state index contributed by atoms with van der Waals surface area (Å²) in [6.45, 7) is 8.40. The molecule has 0 aliphatic carbocycles. The number of nitrogens with one attached hydrogen (secondary N) is 3. The molecular weight excluding hydrogens is 506 g/mol. The number of halogens is 1. The third-order valence-corrected chi connectivity index (χ3v) is 5.82. The molecular formula is C28H34ClN5O4. The van der Waals surface area contributed by atoms with Crippen molar-refractivity contribution in [1.29, 1.82) is 0 Å². The van der Waals surface area contributed by atoms with Gasteiger partial charge in [-0.25, -0.2) is 9.48 Å². The standard InChI is InChI=1S/C28H34ClN5O4/c1-19-16-33-34(13-12-30-23-8-6-5-7-9-23)26(36)24(19)15-25(35)31-18-21-14-22(29)11-10-20(21)17-32-27(37)38-28(2,3)4/h5-11,14,16,30H,12-13,15,17-18H2,1-4H3,(H,31,35)(H,32,37). The number of ether oxygens (including phenoxy) is 1. The first-order valence-electron chi connectivity index (χ1n) is 12.4. The number of alkyl carbamates (subject to hydrolysis) is 1. The summed E-state index contributed by atoms with van der Waals surface area (Å²) >= 11 is 6.17. The molecule has 202 valence electrons. The number of benzene rings is 2. The van der Waals surface area contributed by atoms with E-state index in [1.807, 2.05) is 30.3 Å². The predicted molar refractivity (Wildman–Crippen MR) is 148 cm³/mol. The summed E-state index contributed by atoms with van der Waals surface area (Å²) in [6, 6.07) is 14.9. The second-order valence-corrected chi connectivity index (χ2v) is 10.3. The van der Waals surface area contributed by atoms with Gasteiger partial charge in [-0.15, -0.1) is 0 Å². The van der Waals surface area contributed by atoms with Crippen molar-refractivity contribution in [3.05, 3.63) is 92.4 Å². The lowest BCUT2D eigenvalue weighted by atomic mass is 10.1. The Morgan fingerprint density at radius 3 is 2.45 bits per heavy atom. The fraction of sp³-hybridized carbons (Fsp3) is 0.357. The van der Waals surface area contributed by atoms with Crippen molar-refractivity contribution in [3.8, 4) is 0 Å². The largest absolute Gasteiger partial charge is 0.444 e. The Labute approximate surface area is 227 Å². The number of hydrogen-bond donors (Lipinski definition) is 3. The Balaban J connectivity index is 1.60. The molecule has 1 aromatic heterocycles. The quantitative estimate of drug-likeness (QED) is 0.356. The van der Waals surface area contributed by atoms with Crippen LogP contribution < -0.4 is 21.5 Å². The molecule has 0 atom stereocenters. The summed E-state index contributed by atoms with van der Waals surface area (Å²) in [5, 5.41) is 13.6. The van der Waals surface area contributed by atoms with Gasteiger partial charge in [0.2, 0.25) is 5.91 Å². The molecule has 2 aromatic carbocycles. The summed E-state index contributed by atoms with van der Waals surface area (Å²) in [5.41, 5.74) is 2.64. The minimum absolute atomic E-state index is 0.0780. The topological polar surface area (TPSA) is 114 Å². The molecule has 2 amide bonds. The van der Waals surface area contributed by atoms with Gasteiger partial charge in [0.05, 0.1) is 19.2 Å². The normalized spacial score (nSPS) is 11.1. The van der Waals surface area contributed by atoms with E-state index in [9.17, 15) is 14.4 Å². The Hall–Kier alpha value is -3.85. The first kappa shape index (κ1) is 28.7. The number of aryl methyl sites for hydroxylation is 1. The molecule has 0 saturated heterocycles. The number of nitrogens with zero attached hydrogens (tertiary/aromatic N) is 2. The monoisotopic (exact) mass is 539 g/mol. The van der Waals surface area contributed by atoms with Crippen molar-refractivity contribution in [1.82, 2.24) is 20.4 Å². The number of hydrogen-bond acceptors (Lipinski definition) is 6. The van der Waals surface area contributed by atoms with Crippen LogP contribution >= 0.6 is 11.6 Å². The van der Waals surface area contributed by atoms with Crippen LogP contribution in [0, 0.1) is 6.92 Å². The summed E-state index contributed by atoms with van der Waals surface area (Å²) in [4.78, 5) is 37.9. The van der Waals surface area contributed by atoms with E-state index in [2.05, 4.69) is 21.0 Å². The van der Waals surface area contributed by atoms with Crippen LogP contribution in [0.25, 0.3) is 0 Å². The van der Waals surface area contributed by atoms with E-state index in [0.29, 0.717) is 29.2 Å². The number of aromatic nitrogens is 2. The molecule has 0 unspecified atom stereocenters.